The van der Waals surface area contributed by atoms with Gasteiger partial charge in [0.1, 0.15) is 23.4 Å². The molecule has 1 heterocycles. The molecule has 2 N–H and O–H groups in total. The van der Waals surface area contributed by atoms with Gasteiger partial charge in [0.05, 0.1) is 28.9 Å². The zero-order chi connectivity index (χ0) is 23.0. The molecule has 1 aromatic heterocycles. The van der Waals surface area contributed by atoms with Crippen molar-refractivity contribution in [1.82, 2.24) is 9.97 Å². The van der Waals surface area contributed by atoms with E-state index in [0.29, 0.717) is 35.2 Å². The summed E-state index contributed by atoms with van der Waals surface area (Å²) in [6.07, 6.45) is 1.75. The van der Waals surface area contributed by atoms with Gasteiger partial charge in [0.25, 0.3) is 5.91 Å². The number of allylic oxidation sites excluding steroid dienone is 1. The van der Waals surface area contributed by atoms with E-state index >= 15 is 0 Å². The lowest BCUT2D eigenvalue weighted by Gasteiger charge is -2.11. The molecule has 0 fully saturated rings. The minimum Gasteiger partial charge on any atom is -0.492 e. The summed E-state index contributed by atoms with van der Waals surface area (Å²) in [5, 5.41) is 12.4. The second-order valence-corrected chi connectivity index (χ2v) is 7.11. The quantitative estimate of drug-likeness (QED) is 0.375. The Bertz CT molecular complexity index is 1300. The Morgan fingerprint density at radius 3 is 2.58 bits per heavy atom. The van der Waals surface area contributed by atoms with E-state index in [9.17, 15) is 10.1 Å². The van der Waals surface area contributed by atoms with Crippen molar-refractivity contribution in [2.45, 2.75) is 6.92 Å². The molecule has 0 spiro atoms. The molecule has 0 saturated heterocycles. The minimum absolute atomic E-state index is 0.141. The minimum atomic E-state index is -0.289. The van der Waals surface area contributed by atoms with Crippen LogP contribution in [0.15, 0.2) is 72.8 Å². The van der Waals surface area contributed by atoms with Crippen LogP contribution in [0.3, 0.4) is 0 Å². The number of benzene rings is 3. The second kappa shape index (κ2) is 10.2. The summed E-state index contributed by atoms with van der Waals surface area (Å²) in [4.78, 5) is 19.9. The van der Waals surface area contributed by atoms with Crippen molar-refractivity contribution in [3.05, 3.63) is 84.2 Å². The molecule has 0 aliphatic heterocycles. The fourth-order valence-corrected chi connectivity index (χ4v) is 3.25. The number of ether oxygens (including phenoxy) is 2. The van der Waals surface area contributed by atoms with Gasteiger partial charge >= 0.3 is 0 Å². The molecular weight excluding hydrogens is 416 g/mol. The number of H-pyrrole nitrogens is 1. The fraction of sp³-hybridized carbons (Fsp3) is 0.115. The van der Waals surface area contributed by atoms with Gasteiger partial charge in [0, 0.05) is 0 Å². The number of fused-ring (bicyclic) bond motifs is 1. The first kappa shape index (κ1) is 21.7. The lowest BCUT2D eigenvalue weighted by molar-refractivity contribution is -0.118. The van der Waals surface area contributed by atoms with Crippen LogP contribution in [0.4, 0.5) is 5.69 Å². The number of aromatic amines is 1. The molecule has 4 rings (SSSR count). The van der Waals surface area contributed by atoms with E-state index in [1.165, 1.54) is 0 Å². The molecule has 7 heteroatoms. The van der Waals surface area contributed by atoms with Crippen molar-refractivity contribution in [2.75, 3.05) is 18.5 Å². The molecule has 0 atom stereocenters. The number of hydrogen-bond donors (Lipinski definition) is 2. The van der Waals surface area contributed by atoms with E-state index in [4.69, 9.17) is 9.47 Å². The summed E-state index contributed by atoms with van der Waals surface area (Å²) in [5.74, 6) is 1.38. The maximum Gasteiger partial charge on any atom is 0.262 e. The Morgan fingerprint density at radius 2 is 1.82 bits per heavy atom. The predicted octanol–water partition coefficient (Wildman–Crippen LogP) is 5.04. The van der Waals surface area contributed by atoms with Gasteiger partial charge in [-0.3, -0.25) is 4.79 Å². The molecule has 164 valence electrons. The molecule has 0 unspecified atom stereocenters. The highest BCUT2D eigenvalue weighted by Crippen LogP contribution is 2.24. The second-order valence-electron chi connectivity index (χ2n) is 7.11. The standard InChI is InChI=1S/C26H22N4O3/c1-2-32-24-10-6-5-9-23(24)28-25(31)17-33-20-13-11-18(12-14-20)15-19(16-27)26-29-21-7-3-4-8-22(21)30-26/h3-15H,2,17H2,1H3,(H,28,31)(H,29,30). The summed E-state index contributed by atoms with van der Waals surface area (Å²) in [7, 11) is 0. The lowest BCUT2D eigenvalue weighted by atomic mass is 10.1. The maximum atomic E-state index is 12.3. The third kappa shape index (κ3) is 5.38. The molecular formula is C26H22N4O3. The Hall–Kier alpha value is -4.57. The largest absolute Gasteiger partial charge is 0.492 e. The van der Waals surface area contributed by atoms with Crippen LogP contribution in [0.5, 0.6) is 11.5 Å². The van der Waals surface area contributed by atoms with Crippen LogP contribution in [-0.4, -0.2) is 29.1 Å². The number of nitrogens with one attached hydrogen (secondary N) is 2. The first-order valence-corrected chi connectivity index (χ1v) is 10.5. The number of anilines is 1. The number of aromatic nitrogens is 2. The highest BCUT2D eigenvalue weighted by molar-refractivity contribution is 5.93. The summed E-state index contributed by atoms with van der Waals surface area (Å²) in [6.45, 7) is 2.25. The summed E-state index contributed by atoms with van der Waals surface area (Å²) >= 11 is 0. The van der Waals surface area contributed by atoms with Gasteiger partial charge in [-0.2, -0.15) is 5.26 Å². The van der Waals surface area contributed by atoms with E-state index < -0.39 is 0 Å². The Kier molecular flexibility index (Phi) is 6.67. The number of hydrogen-bond acceptors (Lipinski definition) is 5. The number of amides is 1. The van der Waals surface area contributed by atoms with Gasteiger partial charge in [-0.15, -0.1) is 0 Å². The highest BCUT2D eigenvalue weighted by atomic mass is 16.5. The van der Waals surface area contributed by atoms with Crippen LogP contribution in [-0.2, 0) is 4.79 Å². The normalized spacial score (nSPS) is 11.1. The van der Waals surface area contributed by atoms with Gasteiger partial charge in [-0.25, -0.2) is 4.98 Å². The number of para-hydroxylation sites is 4. The average molecular weight is 438 g/mol. The number of carbonyl (C=O) groups excluding carboxylic acids is 1. The van der Waals surface area contributed by atoms with Crippen molar-refractivity contribution in [1.29, 1.82) is 5.26 Å². The monoisotopic (exact) mass is 438 g/mol. The number of nitriles is 1. The molecule has 0 saturated carbocycles. The van der Waals surface area contributed by atoms with Gasteiger partial charge in [-0.1, -0.05) is 36.4 Å². The van der Waals surface area contributed by atoms with E-state index in [2.05, 4.69) is 21.4 Å². The number of imidazole rings is 1. The molecule has 0 aliphatic carbocycles. The summed E-state index contributed by atoms with van der Waals surface area (Å²) in [5.41, 5.74) is 3.52. The Morgan fingerprint density at radius 1 is 1.06 bits per heavy atom. The van der Waals surface area contributed by atoms with Crippen LogP contribution in [0, 0.1) is 11.3 Å². The van der Waals surface area contributed by atoms with Gasteiger partial charge in [0.15, 0.2) is 6.61 Å². The molecule has 0 aliphatic rings. The van der Waals surface area contributed by atoms with Crippen molar-refractivity contribution >= 4 is 34.3 Å². The predicted molar refractivity (Wildman–Crippen MR) is 128 cm³/mol. The van der Waals surface area contributed by atoms with E-state index in [1.54, 1.807) is 30.3 Å². The van der Waals surface area contributed by atoms with Crippen molar-refractivity contribution in [3.8, 4) is 17.6 Å². The Labute approximate surface area is 191 Å². The zero-order valence-corrected chi connectivity index (χ0v) is 18.0. The topological polar surface area (TPSA) is 100 Å². The first-order valence-electron chi connectivity index (χ1n) is 10.5. The smallest absolute Gasteiger partial charge is 0.262 e. The van der Waals surface area contributed by atoms with Crippen molar-refractivity contribution in [2.24, 2.45) is 0 Å². The van der Waals surface area contributed by atoms with Crippen LogP contribution in [0.2, 0.25) is 0 Å². The zero-order valence-electron chi connectivity index (χ0n) is 18.0. The number of carbonyl (C=O) groups is 1. The molecule has 7 nitrogen and oxygen atoms in total. The van der Waals surface area contributed by atoms with Crippen LogP contribution < -0.4 is 14.8 Å². The van der Waals surface area contributed by atoms with Crippen LogP contribution in [0.25, 0.3) is 22.7 Å². The molecule has 3 aromatic carbocycles. The van der Waals surface area contributed by atoms with Crippen LogP contribution in [0.1, 0.15) is 18.3 Å². The third-order valence-electron chi connectivity index (χ3n) is 4.79. The van der Waals surface area contributed by atoms with E-state index in [1.807, 2.05) is 55.5 Å². The Balaban J connectivity index is 1.39. The molecule has 33 heavy (non-hydrogen) atoms. The lowest BCUT2D eigenvalue weighted by Crippen LogP contribution is -2.20. The SMILES string of the molecule is CCOc1ccccc1NC(=O)COc1ccc(C=C(C#N)c2nc3ccccc3[nH]2)cc1. The summed E-state index contributed by atoms with van der Waals surface area (Å²) in [6, 6.07) is 24.2. The third-order valence-corrected chi connectivity index (χ3v) is 4.79. The molecule has 1 amide bonds. The van der Waals surface area contributed by atoms with Crippen molar-refractivity contribution in [3.63, 3.8) is 0 Å². The molecule has 0 radical (unpaired) electrons. The molecule has 0 bridgehead atoms. The van der Waals surface area contributed by atoms with E-state index in [0.717, 1.165) is 16.6 Å². The summed E-state index contributed by atoms with van der Waals surface area (Å²) < 4.78 is 11.1. The highest BCUT2D eigenvalue weighted by Gasteiger charge is 2.09. The van der Waals surface area contributed by atoms with Gasteiger partial charge in [-0.05, 0) is 55.0 Å². The number of rotatable bonds is 8. The maximum absolute atomic E-state index is 12.3. The van der Waals surface area contributed by atoms with E-state index in [-0.39, 0.29) is 12.5 Å². The average Bonchev–Trinajstić information content (AvgIpc) is 3.27. The van der Waals surface area contributed by atoms with Gasteiger partial charge in [0.2, 0.25) is 0 Å². The van der Waals surface area contributed by atoms with Crippen molar-refractivity contribution < 1.29 is 14.3 Å². The number of nitrogens with zero attached hydrogens (tertiary/aromatic N) is 2. The van der Waals surface area contributed by atoms with Crippen LogP contribution >= 0.6 is 0 Å². The van der Waals surface area contributed by atoms with Gasteiger partial charge < -0.3 is 19.8 Å². The molecule has 4 aromatic rings. The first-order chi connectivity index (χ1) is 16.2. The fourth-order valence-electron chi connectivity index (χ4n) is 3.25.